The number of hydrogen-bond donors (Lipinski definition) is 1. The molecule has 0 amide bonds. The summed E-state index contributed by atoms with van der Waals surface area (Å²) >= 11 is 12.1. The van der Waals surface area contributed by atoms with Crippen molar-refractivity contribution in [3.8, 4) is 0 Å². The van der Waals surface area contributed by atoms with Crippen molar-refractivity contribution < 1.29 is 4.74 Å². The van der Waals surface area contributed by atoms with E-state index in [9.17, 15) is 0 Å². The van der Waals surface area contributed by atoms with Crippen LogP contribution in [0.15, 0.2) is 24.5 Å². The molecule has 0 spiro atoms. The van der Waals surface area contributed by atoms with E-state index in [2.05, 4.69) is 15.4 Å². The van der Waals surface area contributed by atoms with Crippen molar-refractivity contribution in [2.75, 3.05) is 20.3 Å². The van der Waals surface area contributed by atoms with Crippen molar-refractivity contribution in [3.05, 3.63) is 46.0 Å². The zero-order valence-corrected chi connectivity index (χ0v) is 12.7. The molecule has 0 radical (unpaired) electrons. The molecule has 0 aliphatic carbocycles. The van der Waals surface area contributed by atoms with E-state index in [-0.39, 0.29) is 0 Å². The monoisotopic (exact) mass is 314 g/mol. The van der Waals surface area contributed by atoms with Gasteiger partial charge in [-0.1, -0.05) is 35.3 Å². The topological polar surface area (TPSA) is 52.0 Å². The smallest absolute Gasteiger partial charge is 0.164 e. The van der Waals surface area contributed by atoms with Gasteiger partial charge >= 0.3 is 0 Å². The Bertz CT molecular complexity index is 559. The number of rotatable bonds is 7. The number of nitrogens with zero attached hydrogens (tertiary/aromatic N) is 3. The highest BCUT2D eigenvalue weighted by molar-refractivity contribution is 6.42. The second-order valence-electron chi connectivity index (χ2n) is 4.24. The van der Waals surface area contributed by atoms with E-state index in [4.69, 9.17) is 27.9 Å². The van der Waals surface area contributed by atoms with Gasteiger partial charge in [-0.15, -0.1) is 0 Å². The van der Waals surface area contributed by atoms with E-state index >= 15 is 0 Å². The molecule has 20 heavy (non-hydrogen) atoms. The second-order valence-corrected chi connectivity index (χ2v) is 5.03. The second kappa shape index (κ2) is 7.59. The van der Waals surface area contributed by atoms with Gasteiger partial charge in [-0.25, -0.2) is 9.67 Å². The van der Waals surface area contributed by atoms with Crippen LogP contribution < -0.4 is 5.32 Å². The molecule has 0 bridgehead atoms. The van der Waals surface area contributed by atoms with Gasteiger partial charge < -0.3 is 10.1 Å². The predicted octanol–water partition coefficient (Wildman–Crippen LogP) is 2.37. The number of benzene rings is 1. The molecule has 2 rings (SSSR count). The molecule has 108 valence electrons. The minimum atomic E-state index is 0.546. The summed E-state index contributed by atoms with van der Waals surface area (Å²) in [5.74, 6) is 0.735. The number of aromatic nitrogens is 3. The Labute approximate surface area is 127 Å². The number of ether oxygens (including phenoxy) is 1. The molecule has 1 aromatic heterocycles. The lowest BCUT2D eigenvalue weighted by atomic mass is 10.2. The van der Waals surface area contributed by atoms with E-state index in [1.54, 1.807) is 24.2 Å². The Morgan fingerprint density at radius 3 is 3.00 bits per heavy atom. The highest BCUT2D eigenvalue weighted by Gasteiger charge is 2.06. The van der Waals surface area contributed by atoms with E-state index in [0.717, 1.165) is 17.9 Å². The summed E-state index contributed by atoms with van der Waals surface area (Å²) in [6.07, 6.45) is 1.69. The van der Waals surface area contributed by atoms with Crippen molar-refractivity contribution >= 4 is 23.2 Å². The molecule has 0 saturated heterocycles. The Balaban J connectivity index is 1.94. The molecule has 0 atom stereocenters. The van der Waals surface area contributed by atoms with Crippen LogP contribution in [0.4, 0.5) is 0 Å². The van der Waals surface area contributed by atoms with Crippen LogP contribution >= 0.6 is 23.2 Å². The molecule has 1 N–H and O–H groups in total. The van der Waals surface area contributed by atoms with Crippen molar-refractivity contribution in [3.63, 3.8) is 0 Å². The normalized spacial score (nSPS) is 10.9. The fourth-order valence-electron chi connectivity index (χ4n) is 1.71. The van der Waals surface area contributed by atoms with Crippen LogP contribution in [-0.2, 0) is 17.8 Å². The van der Waals surface area contributed by atoms with Gasteiger partial charge in [0.1, 0.15) is 6.33 Å². The highest BCUT2D eigenvalue weighted by atomic mass is 35.5. The van der Waals surface area contributed by atoms with Gasteiger partial charge in [0.25, 0.3) is 0 Å². The van der Waals surface area contributed by atoms with Gasteiger partial charge in [-0.05, 0) is 11.6 Å². The summed E-state index contributed by atoms with van der Waals surface area (Å²) in [5.41, 5.74) is 0.919. The molecule has 0 aliphatic rings. The first-order valence-electron chi connectivity index (χ1n) is 6.21. The third kappa shape index (κ3) is 4.18. The number of nitrogens with one attached hydrogen (secondary N) is 1. The van der Waals surface area contributed by atoms with Crippen LogP contribution in [0.2, 0.25) is 10.0 Å². The Kier molecular flexibility index (Phi) is 5.79. The SMILES string of the molecule is COCCNCc1ncn(Cc2cccc(Cl)c2Cl)n1. The fourth-order valence-corrected chi connectivity index (χ4v) is 2.09. The van der Waals surface area contributed by atoms with Gasteiger partial charge in [-0.2, -0.15) is 5.10 Å². The summed E-state index contributed by atoms with van der Waals surface area (Å²) < 4.78 is 6.69. The molecule has 1 aromatic carbocycles. The molecule has 0 saturated carbocycles. The minimum absolute atomic E-state index is 0.546. The first-order chi connectivity index (χ1) is 9.70. The molecule has 0 aliphatic heterocycles. The van der Waals surface area contributed by atoms with E-state index in [0.29, 0.717) is 29.7 Å². The summed E-state index contributed by atoms with van der Waals surface area (Å²) in [6, 6.07) is 5.56. The van der Waals surface area contributed by atoms with Gasteiger partial charge in [0.2, 0.25) is 0 Å². The van der Waals surface area contributed by atoms with Crippen LogP contribution in [0.3, 0.4) is 0 Å². The third-order valence-corrected chi connectivity index (χ3v) is 3.57. The number of halogens is 2. The summed E-state index contributed by atoms with van der Waals surface area (Å²) in [7, 11) is 1.67. The molecule has 1 heterocycles. The maximum atomic E-state index is 6.15. The fraction of sp³-hybridized carbons (Fsp3) is 0.385. The minimum Gasteiger partial charge on any atom is -0.383 e. The maximum absolute atomic E-state index is 6.15. The molecule has 0 unspecified atom stereocenters. The van der Waals surface area contributed by atoms with Crippen LogP contribution in [0.5, 0.6) is 0 Å². The van der Waals surface area contributed by atoms with Gasteiger partial charge in [-0.3, -0.25) is 0 Å². The quantitative estimate of drug-likeness (QED) is 0.797. The van der Waals surface area contributed by atoms with E-state index in [1.807, 2.05) is 12.1 Å². The van der Waals surface area contributed by atoms with Crippen LogP contribution in [0.1, 0.15) is 11.4 Å². The Hall–Kier alpha value is -1.14. The van der Waals surface area contributed by atoms with Crippen molar-refractivity contribution in [1.82, 2.24) is 20.1 Å². The van der Waals surface area contributed by atoms with Crippen LogP contribution in [-0.4, -0.2) is 35.0 Å². The van der Waals surface area contributed by atoms with Crippen molar-refractivity contribution in [1.29, 1.82) is 0 Å². The van der Waals surface area contributed by atoms with Crippen molar-refractivity contribution in [2.24, 2.45) is 0 Å². The van der Waals surface area contributed by atoms with Crippen LogP contribution in [0.25, 0.3) is 0 Å². The number of methoxy groups -OCH3 is 1. The average molecular weight is 315 g/mol. The molecule has 5 nitrogen and oxygen atoms in total. The molecular weight excluding hydrogens is 299 g/mol. The molecule has 0 fully saturated rings. The predicted molar refractivity (Wildman–Crippen MR) is 79.2 cm³/mol. The molecule has 2 aromatic rings. The van der Waals surface area contributed by atoms with Crippen LogP contribution in [0, 0.1) is 0 Å². The Morgan fingerprint density at radius 1 is 1.35 bits per heavy atom. The summed E-state index contributed by atoms with van der Waals surface area (Å²) in [5, 5.41) is 8.67. The molecular formula is C13H16Cl2N4O. The number of hydrogen-bond acceptors (Lipinski definition) is 4. The Morgan fingerprint density at radius 2 is 2.20 bits per heavy atom. The highest BCUT2D eigenvalue weighted by Crippen LogP contribution is 2.25. The summed E-state index contributed by atoms with van der Waals surface area (Å²) in [4.78, 5) is 4.23. The van der Waals surface area contributed by atoms with E-state index in [1.165, 1.54) is 0 Å². The van der Waals surface area contributed by atoms with E-state index < -0.39 is 0 Å². The lowest BCUT2D eigenvalue weighted by Gasteiger charge is -2.05. The van der Waals surface area contributed by atoms with Gasteiger partial charge in [0.05, 0.1) is 29.7 Å². The zero-order valence-electron chi connectivity index (χ0n) is 11.1. The first kappa shape index (κ1) is 15.3. The first-order valence-corrected chi connectivity index (χ1v) is 6.97. The zero-order chi connectivity index (χ0) is 14.4. The average Bonchev–Trinajstić information content (AvgIpc) is 2.88. The lowest BCUT2D eigenvalue weighted by molar-refractivity contribution is 0.199. The lowest BCUT2D eigenvalue weighted by Crippen LogP contribution is -2.19. The van der Waals surface area contributed by atoms with Crippen molar-refractivity contribution in [2.45, 2.75) is 13.1 Å². The van der Waals surface area contributed by atoms with Gasteiger partial charge in [0.15, 0.2) is 5.82 Å². The third-order valence-electron chi connectivity index (χ3n) is 2.71. The maximum Gasteiger partial charge on any atom is 0.164 e. The summed E-state index contributed by atoms with van der Waals surface area (Å²) in [6.45, 7) is 2.59. The molecule has 7 heteroatoms. The standard InChI is InChI=1S/C13H16Cl2N4O/c1-20-6-5-16-7-12-17-9-19(18-12)8-10-3-2-4-11(14)13(10)15/h2-4,9,16H,5-8H2,1H3. The largest absolute Gasteiger partial charge is 0.383 e. The van der Waals surface area contributed by atoms with Gasteiger partial charge in [0, 0.05) is 13.7 Å².